The summed E-state index contributed by atoms with van der Waals surface area (Å²) in [7, 11) is 0. The molecule has 20 heavy (non-hydrogen) atoms. The highest BCUT2D eigenvalue weighted by Gasteiger charge is 2.11. The normalized spacial score (nSPS) is 12.3. The molecule has 0 unspecified atom stereocenters. The molecule has 0 aliphatic carbocycles. The van der Waals surface area contributed by atoms with Gasteiger partial charge in [-0.2, -0.15) is 0 Å². The number of hydrogen-bond acceptors (Lipinski definition) is 2. The minimum absolute atomic E-state index is 0.364. The summed E-state index contributed by atoms with van der Waals surface area (Å²) in [5.41, 5.74) is 0.782. The Morgan fingerprint density at radius 1 is 1.00 bits per heavy atom. The molecule has 0 aliphatic heterocycles. The second kappa shape index (κ2) is 6.54. The zero-order valence-corrected chi connectivity index (χ0v) is 14.2. The van der Waals surface area contributed by atoms with E-state index in [0.29, 0.717) is 31.0 Å². The van der Waals surface area contributed by atoms with Gasteiger partial charge in [0.15, 0.2) is 0 Å². The summed E-state index contributed by atoms with van der Waals surface area (Å²) >= 11 is 21.3. The molecule has 0 saturated carbocycles. The van der Waals surface area contributed by atoms with Crippen LogP contribution in [0.4, 0.5) is 0 Å². The number of aliphatic hydroxyl groups excluding tert-OH is 1. The van der Waals surface area contributed by atoms with Crippen molar-refractivity contribution in [2.45, 2.75) is 13.0 Å². The van der Waals surface area contributed by atoms with E-state index in [1.807, 2.05) is 0 Å². The van der Waals surface area contributed by atoms with Crippen molar-refractivity contribution in [1.82, 2.24) is 0 Å². The van der Waals surface area contributed by atoms with E-state index >= 15 is 0 Å². The molecule has 0 aliphatic rings. The maximum atomic E-state index is 9.52. The fourth-order valence-corrected chi connectivity index (χ4v) is 2.61. The Morgan fingerprint density at radius 2 is 1.65 bits per heavy atom. The minimum Gasteiger partial charge on any atom is -0.455 e. The summed E-state index contributed by atoms with van der Waals surface area (Å²) in [4.78, 5) is 0. The lowest BCUT2D eigenvalue weighted by Gasteiger charge is -2.12. The monoisotopic (exact) mass is 394 g/mol. The molecule has 1 atom stereocenters. The second-order valence-corrected chi connectivity index (χ2v) is 6.24. The molecule has 0 amide bonds. The SMILES string of the molecule is C[C@H](O)c1ccc(Oc2cc(Cl)c(Cl)cc2Cl)c(Br)c1. The van der Waals surface area contributed by atoms with Crippen molar-refractivity contribution in [3.05, 3.63) is 55.4 Å². The van der Waals surface area contributed by atoms with Crippen molar-refractivity contribution >= 4 is 50.7 Å². The first kappa shape index (κ1) is 15.9. The largest absolute Gasteiger partial charge is 0.455 e. The van der Waals surface area contributed by atoms with Gasteiger partial charge in [-0.25, -0.2) is 0 Å². The van der Waals surface area contributed by atoms with E-state index in [0.717, 1.165) is 5.56 Å². The first-order valence-electron chi connectivity index (χ1n) is 5.68. The van der Waals surface area contributed by atoms with Crippen LogP contribution in [0.5, 0.6) is 11.5 Å². The van der Waals surface area contributed by atoms with Crippen LogP contribution in [-0.4, -0.2) is 5.11 Å². The average Bonchev–Trinajstić information content (AvgIpc) is 2.37. The van der Waals surface area contributed by atoms with Crippen molar-refractivity contribution in [3.8, 4) is 11.5 Å². The van der Waals surface area contributed by atoms with Gasteiger partial charge in [0.25, 0.3) is 0 Å². The lowest BCUT2D eigenvalue weighted by Crippen LogP contribution is -1.93. The zero-order valence-electron chi connectivity index (χ0n) is 10.3. The summed E-state index contributed by atoms with van der Waals surface area (Å²) in [5, 5.41) is 10.6. The standard InChI is InChI=1S/C14H10BrCl3O2/c1-7(19)8-2-3-13(9(15)4-8)20-14-6-11(17)10(16)5-12(14)18/h2-7,19H,1H3/t7-/m0/s1. The van der Waals surface area contributed by atoms with Crippen LogP contribution in [0.15, 0.2) is 34.8 Å². The molecule has 0 spiro atoms. The molecule has 1 N–H and O–H groups in total. The zero-order chi connectivity index (χ0) is 14.9. The Labute approximate surface area is 140 Å². The predicted molar refractivity (Wildman–Crippen MR) is 86.3 cm³/mol. The van der Waals surface area contributed by atoms with E-state index in [4.69, 9.17) is 39.5 Å². The number of aliphatic hydroxyl groups is 1. The maximum absolute atomic E-state index is 9.52. The Morgan fingerprint density at radius 3 is 2.25 bits per heavy atom. The third-order valence-electron chi connectivity index (χ3n) is 2.63. The molecule has 6 heteroatoms. The number of halogens is 4. The van der Waals surface area contributed by atoms with E-state index in [9.17, 15) is 5.11 Å². The van der Waals surface area contributed by atoms with E-state index in [1.165, 1.54) is 6.07 Å². The van der Waals surface area contributed by atoms with E-state index < -0.39 is 6.10 Å². The highest BCUT2D eigenvalue weighted by atomic mass is 79.9. The first-order valence-corrected chi connectivity index (χ1v) is 7.61. The average molecular weight is 396 g/mol. The van der Waals surface area contributed by atoms with Crippen molar-refractivity contribution in [2.24, 2.45) is 0 Å². The second-order valence-electron chi connectivity index (χ2n) is 4.16. The number of ether oxygens (including phenoxy) is 1. The molecule has 2 aromatic rings. The van der Waals surface area contributed by atoms with Gasteiger partial charge in [-0.3, -0.25) is 0 Å². The molecule has 0 radical (unpaired) electrons. The van der Waals surface area contributed by atoms with Gasteiger partial charge in [0.2, 0.25) is 0 Å². The van der Waals surface area contributed by atoms with Crippen LogP contribution in [0.3, 0.4) is 0 Å². The quantitative estimate of drug-likeness (QED) is 0.621. The van der Waals surface area contributed by atoms with Crippen LogP contribution in [0.25, 0.3) is 0 Å². The molecular formula is C14H10BrCl3O2. The molecule has 2 nitrogen and oxygen atoms in total. The Bertz CT molecular complexity index is 645. The molecule has 0 aromatic heterocycles. The van der Waals surface area contributed by atoms with E-state index in [2.05, 4.69) is 15.9 Å². The maximum Gasteiger partial charge on any atom is 0.147 e. The van der Waals surface area contributed by atoms with Crippen LogP contribution < -0.4 is 4.74 Å². The topological polar surface area (TPSA) is 29.5 Å². The van der Waals surface area contributed by atoms with Gasteiger partial charge < -0.3 is 9.84 Å². The molecule has 0 fully saturated rings. The van der Waals surface area contributed by atoms with Gasteiger partial charge >= 0.3 is 0 Å². The molecule has 0 heterocycles. The fourth-order valence-electron chi connectivity index (χ4n) is 1.56. The van der Waals surface area contributed by atoms with Crippen LogP contribution >= 0.6 is 50.7 Å². The van der Waals surface area contributed by atoms with Gasteiger partial charge in [-0.1, -0.05) is 40.9 Å². The van der Waals surface area contributed by atoms with Crippen molar-refractivity contribution < 1.29 is 9.84 Å². The van der Waals surface area contributed by atoms with Gasteiger partial charge in [0, 0.05) is 6.07 Å². The summed E-state index contributed by atoms with van der Waals surface area (Å²) in [6.07, 6.45) is -0.547. The summed E-state index contributed by atoms with van der Waals surface area (Å²) in [6, 6.07) is 8.38. The van der Waals surface area contributed by atoms with Crippen LogP contribution in [0.1, 0.15) is 18.6 Å². The molecule has 2 rings (SSSR count). The van der Waals surface area contributed by atoms with Gasteiger partial charge in [-0.05, 0) is 46.6 Å². The Balaban J connectivity index is 2.33. The highest BCUT2D eigenvalue weighted by molar-refractivity contribution is 9.10. The minimum atomic E-state index is -0.547. The molecular weight excluding hydrogens is 386 g/mol. The summed E-state index contributed by atoms with van der Waals surface area (Å²) < 4.78 is 6.41. The van der Waals surface area contributed by atoms with E-state index in [-0.39, 0.29) is 0 Å². The number of benzene rings is 2. The molecule has 106 valence electrons. The number of hydrogen-bond donors (Lipinski definition) is 1. The van der Waals surface area contributed by atoms with Crippen LogP contribution in [0, 0.1) is 0 Å². The third-order valence-corrected chi connectivity index (χ3v) is 4.27. The van der Waals surface area contributed by atoms with Crippen molar-refractivity contribution in [2.75, 3.05) is 0 Å². The predicted octanol–water partition coefficient (Wildman–Crippen LogP) is 6.25. The van der Waals surface area contributed by atoms with Gasteiger partial charge in [0.1, 0.15) is 11.5 Å². The Hall–Kier alpha value is -0.450. The molecule has 0 bridgehead atoms. The highest BCUT2D eigenvalue weighted by Crippen LogP contribution is 2.38. The smallest absolute Gasteiger partial charge is 0.147 e. The van der Waals surface area contributed by atoms with Gasteiger partial charge in [0.05, 0.1) is 25.6 Å². The lowest BCUT2D eigenvalue weighted by atomic mass is 10.1. The third kappa shape index (κ3) is 3.60. The number of rotatable bonds is 3. The summed E-state index contributed by atoms with van der Waals surface area (Å²) in [5.74, 6) is 0.973. The Kier molecular flexibility index (Phi) is 5.21. The van der Waals surface area contributed by atoms with Crippen LogP contribution in [-0.2, 0) is 0 Å². The molecule has 2 aromatic carbocycles. The summed E-state index contributed by atoms with van der Waals surface area (Å²) in [6.45, 7) is 1.69. The first-order chi connectivity index (χ1) is 9.38. The fraction of sp³-hybridized carbons (Fsp3) is 0.143. The van der Waals surface area contributed by atoms with E-state index in [1.54, 1.807) is 31.2 Å². The lowest BCUT2D eigenvalue weighted by molar-refractivity contribution is 0.199. The van der Waals surface area contributed by atoms with Crippen molar-refractivity contribution in [3.63, 3.8) is 0 Å². The van der Waals surface area contributed by atoms with Gasteiger partial charge in [-0.15, -0.1) is 0 Å². The van der Waals surface area contributed by atoms with Crippen molar-refractivity contribution in [1.29, 1.82) is 0 Å². The molecule has 0 saturated heterocycles. The van der Waals surface area contributed by atoms with Crippen LogP contribution in [0.2, 0.25) is 15.1 Å².